The molecule has 0 radical (unpaired) electrons. The molecule has 154 valence electrons. The summed E-state index contributed by atoms with van der Waals surface area (Å²) in [5.41, 5.74) is 3.01. The van der Waals surface area contributed by atoms with Crippen LogP contribution < -0.4 is 10.2 Å². The average molecular weight is 386 g/mol. The Hall–Kier alpha value is -2.04. The molecule has 0 aliphatic heterocycles. The molecule has 0 bridgehead atoms. The largest absolute Gasteiger partial charge is 0.377 e. The minimum atomic E-state index is 0.133. The molecule has 3 rings (SSSR count). The lowest BCUT2D eigenvalue weighted by molar-refractivity contribution is -0.133. The Kier molecular flexibility index (Phi) is 6.63. The van der Waals surface area contributed by atoms with Crippen molar-refractivity contribution in [2.24, 2.45) is 17.8 Å². The maximum absolute atomic E-state index is 12.8. The first-order valence-electron chi connectivity index (χ1n) is 10.7. The number of hydrogen-bond acceptors (Lipinski definition) is 3. The first-order valence-corrected chi connectivity index (χ1v) is 10.7. The Labute approximate surface area is 169 Å². The minimum absolute atomic E-state index is 0.133. The fourth-order valence-corrected chi connectivity index (χ4v) is 4.13. The van der Waals surface area contributed by atoms with Crippen LogP contribution in [0, 0.1) is 17.8 Å². The highest BCUT2D eigenvalue weighted by Gasteiger charge is 2.34. The Balaban J connectivity index is 1.79. The lowest BCUT2D eigenvalue weighted by atomic mass is 10.1. The lowest BCUT2D eigenvalue weighted by Gasteiger charge is -2.28. The van der Waals surface area contributed by atoms with Crippen molar-refractivity contribution in [3.63, 3.8) is 0 Å². The van der Waals surface area contributed by atoms with Gasteiger partial charge < -0.3 is 15.1 Å². The second-order valence-electron chi connectivity index (χ2n) is 9.10. The zero-order chi connectivity index (χ0) is 20.3. The first-order chi connectivity index (χ1) is 13.3. The van der Waals surface area contributed by atoms with E-state index in [-0.39, 0.29) is 23.7 Å². The Morgan fingerprint density at radius 1 is 1.07 bits per heavy atom. The van der Waals surface area contributed by atoms with E-state index in [0.717, 1.165) is 62.0 Å². The Bertz CT molecular complexity index is 704. The van der Waals surface area contributed by atoms with Gasteiger partial charge in [-0.1, -0.05) is 26.7 Å². The van der Waals surface area contributed by atoms with Crippen molar-refractivity contribution in [1.82, 2.24) is 4.90 Å². The summed E-state index contributed by atoms with van der Waals surface area (Å²) in [6, 6.07) is 6.08. The molecular weight excluding hydrogens is 350 g/mol. The van der Waals surface area contributed by atoms with E-state index in [1.165, 1.54) is 0 Å². The van der Waals surface area contributed by atoms with Gasteiger partial charge in [-0.3, -0.25) is 9.59 Å². The van der Waals surface area contributed by atoms with Gasteiger partial charge >= 0.3 is 0 Å². The van der Waals surface area contributed by atoms with Crippen LogP contribution in [0.4, 0.5) is 11.4 Å². The SMILES string of the molecule is CC(C)CN(Cc1cc(NC(=O)C2CCCC2)ccc1N(C)C)C(=O)C1CC1. The highest BCUT2D eigenvalue weighted by atomic mass is 16.2. The van der Waals surface area contributed by atoms with E-state index in [1.807, 2.05) is 25.1 Å². The van der Waals surface area contributed by atoms with Crippen LogP contribution >= 0.6 is 0 Å². The molecule has 2 amide bonds. The molecule has 28 heavy (non-hydrogen) atoms. The first kappa shape index (κ1) is 20.7. The summed E-state index contributed by atoms with van der Waals surface area (Å²) >= 11 is 0. The van der Waals surface area contributed by atoms with Crippen LogP contribution in [0.15, 0.2) is 18.2 Å². The topological polar surface area (TPSA) is 52.7 Å². The molecule has 0 aromatic heterocycles. The molecule has 0 heterocycles. The predicted octanol–water partition coefficient (Wildman–Crippen LogP) is 4.28. The van der Waals surface area contributed by atoms with Crippen LogP contribution in [0.5, 0.6) is 0 Å². The van der Waals surface area contributed by atoms with E-state index < -0.39 is 0 Å². The number of amides is 2. The molecule has 1 aromatic rings. The molecule has 2 fully saturated rings. The van der Waals surface area contributed by atoms with Gasteiger partial charge in [-0.05, 0) is 55.4 Å². The molecule has 5 nitrogen and oxygen atoms in total. The number of carbonyl (C=O) groups is 2. The van der Waals surface area contributed by atoms with E-state index >= 15 is 0 Å². The fraction of sp³-hybridized carbons (Fsp3) is 0.652. The van der Waals surface area contributed by atoms with Crippen LogP contribution in [0.3, 0.4) is 0 Å². The number of benzene rings is 1. The maximum atomic E-state index is 12.8. The molecular formula is C23H35N3O2. The van der Waals surface area contributed by atoms with E-state index in [0.29, 0.717) is 12.5 Å². The van der Waals surface area contributed by atoms with Gasteiger partial charge in [0.15, 0.2) is 0 Å². The molecule has 5 heteroatoms. The van der Waals surface area contributed by atoms with Crippen molar-refractivity contribution >= 4 is 23.2 Å². The zero-order valence-electron chi connectivity index (χ0n) is 17.8. The molecule has 2 aliphatic carbocycles. The van der Waals surface area contributed by atoms with Gasteiger partial charge in [-0.2, -0.15) is 0 Å². The fourth-order valence-electron chi connectivity index (χ4n) is 4.13. The molecule has 1 N–H and O–H groups in total. The number of rotatable bonds is 8. The van der Waals surface area contributed by atoms with Crippen molar-refractivity contribution in [2.75, 3.05) is 30.9 Å². The summed E-state index contributed by atoms with van der Waals surface area (Å²) in [6.45, 7) is 5.66. The second kappa shape index (κ2) is 8.97. The van der Waals surface area contributed by atoms with Crippen LogP contribution in [-0.4, -0.2) is 37.4 Å². The van der Waals surface area contributed by atoms with E-state index in [9.17, 15) is 9.59 Å². The number of anilines is 2. The van der Waals surface area contributed by atoms with Gasteiger partial charge in [0.1, 0.15) is 0 Å². The highest BCUT2D eigenvalue weighted by molar-refractivity contribution is 5.93. The molecule has 1 aromatic carbocycles. The molecule has 0 atom stereocenters. The second-order valence-corrected chi connectivity index (χ2v) is 9.10. The molecule has 0 unspecified atom stereocenters. The van der Waals surface area contributed by atoms with Gasteiger partial charge in [0.25, 0.3) is 0 Å². The smallest absolute Gasteiger partial charge is 0.227 e. The minimum Gasteiger partial charge on any atom is -0.377 e. The Morgan fingerprint density at radius 2 is 1.75 bits per heavy atom. The van der Waals surface area contributed by atoms with Gasteiger partial charge in [0.05, 0.1) is 0 Å². The number of nitrogens with zero attached hydrogens (tertiary/aromatic N) is 2. The Morgan fingerprint density at radius 3 is 2.32 bits per heavy atom. The van der Waals surface area contributed by atoms with Gasteiger partial charge in [-0.15, -0.1) is 0 Å². The van der Waals surface area contributed by atoms with Gasteiger partial charge in [-0.25, -0.2) is 0 Å². The lowest BCUT2D eigenvalue weighted by Crippen LogP contribution is -2.35. The van der Waals surface area contributed by atoms with E-state index in [2.05, 4.69) is 36.2 Å². The monoisotopic (exact) mass is 385 g/mol. The summed E-state index contributed by atoms with van der Waals surface area (Å²) in [6.07, 6.45) is 6.32. The number of carbonyl (C=O) groups excluding carboxylic acids is 2. The molecule has 0 spiro atoms. The van der Waals surface area contributed by atoms with E-state index in [1.54, 1.807) is 0 Å². The third-order valence-corrected chi connectivity index (χ3v) is 5.74. The standard InChI is InChI=1S/C23H35N3O2/c1-16(2)14-26(23(28)18-9-10-18)15-19-13-20(11-12-21(19)25(3)4)24-22(27)17-7-5-6-8-17/h11-13,16-18H,5-10,14-15H2,1-4H3,(H,24,27). The van der Waals surface area contributed by atoms with Crippen molar-refractivity contribution in [1.29, 1.82) is 0 Å². The quantitative estimate of drug-likeness (QED) is 0.727. The van der Waals surface area contributed by atoms with Crippen LogP contribution in [-0.2, 0) is 16.1 Å². The van der Waals surface area contributed by atoms with Gasteiger partial charge in [0, 0.05) is 50.4 Å². The number of hydrogen-bond donors (Lipinski definition) is 1. The highest BCUT2D eigenvalue weighted by Crippen LogP contribution is 2.33. The molecule has 0 saturated heterocycles. The maximum Gasteiger partial charge on any atom is 0.227 e. The van der Waals surface area contributed by atoms with Crippen LogP contribution in [0.2, 0.25) is 0 Å². The van der Waals surface area contributed by atoms with Crippen LogP contribution in [0.1, 0.15) is 57.9 Å². The summed E-state index contributed by atoms with van der Waals surface area (Å²) in [7, 11) is 4.04. The third-order valence-electron chi connectivity index (χ3n) is 5.74. The normalized spacial score (nSPS) is 17.0. The van der Waals surface area contributed by atoms with Crippen molar-refractivity contribution in [3.05, 3.63) is 23.8 Å². The molecule has 2 saturated carbocycles. The van der Waals surface area contributed by atoms with Gasteiger partial charge in [0.2, 0.25) is 11.8 Å². The zero-order valence-corrected chi connectivity index (χ0v) is 17.8. The molecule has 2 aliphatic rings. The van der Waals surface area contributed by atoms with Crippen molar-refractivity contribution in [3.8, 4) is 0 Å². The van der Waals surface area contributed by atoms with Crippen molar-refractivity contribution < 1.29 is 9.59 Å². The number of nitrogens with one attached hydrogen (secondary N) is 1. The average Bonchev–Trinajstić information content (AvgIpc) is 3.33. The van der Waals surface area contributed by atoms with Crippen molar-refractivity contribution in [2.45, 2.75) is 58.9 Å². The summed E-state index contributed by atoms with van der Waals surface area (Å²) in [5.74, 6) is 1.20. The van der Waals surface area contributed by atoms with Crippen LogP contribution in [0.25, 0.3) is 0 Å². The van der Waals surface area contributed by atoms with E-state index in [4.69, 9.17) is 0 Å². The third kappa shape index (κ3) is 5.27. The predicted molar refractivity (Wildman–Crippen MR) is 114 cm³/mol. The summed E-state index contributed by atoms with van der Waals surface area (Å²) < 4.78 is 0. The summed E-state index contributed by atoms with van der Waals surface area (Å²) in [5, 5.41) is 3.11. The summed E-state index contributed by atoms with van der Waals surface area (Å²) in [4.78, 5) is 29.4.